The Bertz CT molecular complexity index is 271. The molecule has 0 spiro atoms. The molecule has 2 atom stereocenters. The van der Waals surface area contributed by atoms with Crippen molar-refractivity contribution in [2.75, 3.05) is 6.61 Å². The van der Waals surface area contributed by atoms with E-state index >= 15 is 0 Å². The van der Waals surface area contributed by atoms with Crippen molar-refractivity contribution in [3.63, 3.8) is 0 Å². The Morgan fingerprint density at radius 1 is 1.13 bits per heavy atom. The highest BCUT2D eigenvalue weighted by Gasteiger charge is 2.14. The van der Waals surface area contributed by atoms with Crippen molar-refractivity contribution in [2.45, 2.75) is 32.9 Å². The number of aliphatic hydroxyl groups is 1. The first-order valence-corrected chi connectivity index (χ1v) is 5.57. The zero-order chi connectivity index (χ0) is 11.3. The van der Waals surface area contributed by atoms with E-state index in [1.165, 1.54) is 0 Å². The Kier molecular flexibility index (Phi) is 4.79. The second-order valence-corrected chi connectivity index (χ2v) is 4.35. The third-order valence-corrected chi connectivity index (χ3v) is 2.85. The number of nitrogens with one attached hydrogen (secondary N) is 1. The smallest absolute Gasteiger partial charge is 0.0626 e. The van der Waals surface area contributed by atoms with Gasteiger partial charge in [-0.05, 0) is 18.4 Å². The average Bonchev–Trinajstić information content (AvgIpc) is 2.26. The molecule has 1 unspecified atom stereocenters. The monoisotopic (exact) mass is 207 g/mol. The van der Waals surface area contributed by atoms with Gasteiger partial charge in [0.15, 0.2) is 0 Å². The summed E-state index contributed by atoms with van der Waals surface area (Å²) in [4.78, 5) is 0. The lowest BCUT2D eigenvalue weighted by atomic mass is 10.0. The van der Waals surface area contributed by atoms with Gasteiger partial charge in [0.05, 0.1) is 12.6 Å². The maximum Gasteiger partial charge on any atom is 0.0626 e. The van der Waals surface area contributed by atoms with Crippen molar-refractivity contribution in [1.29, 1.82) is 0 Å². The van der Waals surface area contributed by atoms with Crippen LogP contribution in [0, 0.1) is 5.92 Å². The molecule has 0 saturated heterocycles. The zero-order valence-corrected chi connectivity index (χ0v) is 9.77. The van der Waals surface area contributed by atoms with Crippen molar-refractivity contribution in [3.8, 4) is 0 Å². The highest BCUT2D eigenvalue weighted by Crippen LogP contribution is 2.14. The van der Waals surface area contributed by atoms with Crippen LogP contribution >= 0.6 is 0 Å². The Morgan fingerprint density at radius 2 is 1.73 bits per heavy atom. The molecular weight excluding hydrogens is 186 g/mol. The van der Waals surface area contributed by atoms with Crippen molar-refractivity contribution < 1.29 is 5.11 Å². The summed E-state index contributed by atoms with van der Waals surface area (Å²) in [6.45, 7) is 6.64. The van der Waals surface area contributed by atoms with Crippen molar-refractivity contribution >= 4 is 0 Å². The molecule has 0 bridgehead atoms. The fraction of sp³-hybridized carbons (Fsp3) is 0.538. The first-order chi connectivity index (χ1) is 7.15. The molecule has 84 valence electrons. The van der Waals surface area contributed by atoms with Crippen LogP contribution in [0.25, 0.3) is 0 Å². The van der Waals surface area contributed by atoms with E-state index in [-0.39, 0.29) is 12.6 Å². The van der Waals surface area contributed by atoms with Crippen LogP contribution in [0.1, 0.15) is 32.4 Å². The quantitative estimate of drug-likeness (QED) is 0.777. The first-order valence-electron chi connectivity index (χ1n) is 5.57. The third-order valence-electron chi connectivity index (χ3n) is 2.85. The van der Waals surface area contributed by atoms with Crippen LogP contribution in [0.15, 0.2) is 30.3 Å². The molecule has 15 heavy (non-hydrogen) atoms. The van der Waals surface area contributed by atoms with Crippen LogP contribution in [0.5, 0.6) is 0 Å². The molecule has 0 aliphatic rings. The molecule has 1 aromatic rings. The Morgan fingerprint density at radius 3 is 2.20 bits per heavy atom. The van der Waals surface area contributed by atoms with Crippen LogP contribution in [0.2, 0.25) is 0 Å². The van der Waals surface area contributed by atoms with Crippen molar-refractivity contribution in [1.82, 2.24) is 5.32 Å². The van der Waals surface area contributed by atoms with Crippen molar-refractivity contribution in [2.24, 2.45) is 5.92 Å². The van der Waals surface area contributed by atoms with Gasteiger partial charge in [-0.15, -0.1) is 0 Å². The molecule has 2 heteroatoms. The number of hydrogen-bond acceptors (Lipinski definition) is 2. The van der Waals surface area contributed by atoms with Gasteiger partial charge in [0.25, 0.3) is 0 Å². The third kappa shape index (κ3) is 3.65. The van der Waals surface area contributed by atoms with E-state index in [9.17, 15) is 5.11 Å². The number of benzene rings is 1. The zero-order valence-electron chi connectivity index (χ0n) is 9.77. The fourth-order valence-electron chi connectivity index (χ4n) is 1.45. The lowest BCUT2D eigenvalue weighted by Crippen LogP contribution is -2.35. The van der Waals surface area contributed by atoms with Crippen LogP contribution in [0.4, 0.5) is 0 Å². The molecule has 0 heterocycles. The standard InChI is InChI=1S/C13H21NO/c1-10(2)11(3)14-13(9-15)12-7-5-4-6-8-12/h4-8,10-11,13-15H,9H2,1-3H3/t11?,13-/m0/s1. The predicted octanol–water partition coefficient (Wildman–Crippen LogP) is 2.35. The van der Waals surface area contributed by atoms with E-state index < -0.39 is 0 Å². The minimum Gasteiger partial charge on any atom is -0.394 e. The predicted molar refractivity (Wildman–Crippen MR) is 63.7 cm³/mol. The lowest BCUT2D eigenvalue weighted by molar-refractivity contribution is 0.225. The minimum atomic E-state index is 0.0450. The maximum atomic E-state index is 9.35. The molecule has 0 aromatic heterocycles. The number of hydrogen-bond donors (Lipinski definition) is 2. The van der Waals surface area contributed by atoms with E-state index in [4.69, 9.17) is 0 Å². The van der Waals surface area contributed by atoms with Gasteiger partial charge >= 0.3 is 0 Å². The Labute approximate surface area is 92.3 Å². The van der Waals surface area contributed by atoms with E-state index in [1.807, 2.05) is 30.3 Å². The SMILES string of the molecule is CC(C)C(C)N[C@@H](CO)c1ccccc1. The van der Waals surface area contributed by atoms with Crippen LogP contribution < -0.4 is 5.32 Å². The lowest BCUT2D eigenvalue weighted by Gasteiger charge is -2.24. The number of aliphatic hydroxyl groups excluding tert-OH is 1. The van der Waals surface area contributed by atoms with Crippen LogP contribution in [-0.2, 0) is 0 Å². The summed E-state index contributed by atoms with van der Waals surface area (Å²) in [7, 11) is 0. The van der Waals surface area contributed by atoms with E-state index in [2.05, 4.69) is 26.1 Å². The van der Waals surface area contributed by atoms with E-state index in [0.29, 0.717) is 12.0 Å². The summed E-state index contributed by atoms with van der Waals surface area (Å²) in [6.07, 6.45) is 0. The van der Waals surface area contributed by atoms with Gasteiger partial charge in [-0.1, -0.05) is 44.2 Å². The van der Waals surface area contributed by atoms with Crippen molar-refractivity contribution in [3.05, 3.63) is 35.9 Å². The van der Waals surface area contributed by atoms with Gasteiger partial charge in [-0.2, -0.15) is 0 Å². The molecule has 1 rings (SSSR count). The van der Waals surface area contributed by atoms with Crippen LogP contribution in [-0.4, -0.2) is 17.8 Å². The van der Waals surface area contributed by atoms with E-state index in [1.54, 1.807) is 0 Å². The van der Waals surface area contributed by atoms with E-state index in [0.717, 1.165) is 5.56 Å². The molecular formula is C13H21NO. The maximum absolute atomic E-state index is 9.35. The summed E-state index contributed by atoms with van der Waals surface area (Å²) < 4.78 is 0. The number of rotatable bonds is 5. The van der Waals surface area contributed by atoms with Gasteiger partial charge in [-0.25, -0.2) is 0 Å². The van der Waals surface area contributed by atoms with Gasteiger partial charge in [0.2, 0.25) is 0 Å². The summed E-state index contributed by atoms with van der Waals surface area (Å²) >= 11 is 0. The molecule has 0 amide bonds. The molecule has 2 nitrogen and oxygen atoms in total. The molecule has 2 N–H and O–H groups in total. The van der Waals surface area contributed by atoms with Crippen LogP contribution in [0.3, 0.4) is 0 Å². The summed E-state index contributed by atoms with van der Waals surface area (Å²) in [5.41, 5.74) is 1.15. The molecule has 1 aromatic carbocycles. The van der Waals surface area contributed by atoms with Gasteiger partial charge in [-0.3, -0.25) is 0 Å². The second-order valence-electron chi connectivity index (χ2n) is 4.35. The summed E-state index contributed by atoms with van der Waals surface area (Å²) in [5.74, 6) is 0.572. The minimum absolute atomic E-state index is 0.0450. The second kappa shape index (κ2) is 5.89. The fourth-order valence-corrected chi connectivity index (χ4v) is 1.45. The molecule has 0 aliphatic heterocycles. The topological polar surface area (TPSA) is 32.3 Å². The Balaban J connectivity index is 2.65. The molecule has 0 saturated carbocycles. The van der Waals surface area contributed by atoms with Gasteiger partial charge < -0.3 is 10.4 Å². The first kappa shape index (κ1) is 12.2. The summed E-state index contributed by atoms with van der Waals surface area (Å²) in [5, 5.41) is 12.8. The molecule has 0 fully saturated rings. The Hall–Kier alpha value is -0.860. The highest BCUT2D eigenvalue weighted by atomic mass is 16.3. The molecule has 0 aliphatic carbocycles. The highest BCUT2D eigenvalue weighted by molar-refractivity contribution is 5.19. The van der Waals surface area contributed by atoms with Gasteiger partial charge in [0, 0.05) is 6.04 Å². The molecule has 0 radical (unpaired) electrons. The average molecular weight is 207 g/mol. The normalized spacial score (nSPS) is 15.3. The largest absolute Gasteiger partial charge is 0.394 e. The summed E-state index contributed by atoms with van der Waals surface area (Å²) in [6, 6.07) is 10.5. The van der Waals surface area contributed by atoms with Gasteiger partial charge in [0.1, 0.15) is 0 Å².